The second-order valence-corrected chi connectivity index (χ2v) is 8.37. The Morgan fingerprint density at radius 1 is 1.27 bits per heavy atom. The van der Waals surface area contributed by atoms with Crippen molar-refractivity contribution in [2.75, 3.05) is 32.0 Å². The minimum Gasteiger partial charge on any atom is -0.377 e. The molecule has 1 rings (SSSR count). The SMILES string of the molecule is CC(C)OCCN1CCC(CS(=O)(=O)NC(=O)C(C)C)CC1.[HH]. The van der Waals surface area contributed by atoms with Crippen molar-refractivity contribution >= 4 is 15.9 Å². The van der Waals surface area contributed by atoms with Gasteiger partial charge in [0.2, 0.25) is 15.9 Å². The Morgan fingerprint density at radius 3 is 2.36 bits per heavy atom. The molecule has 1 N–H and O–H groups in total. The van der Waals surface area contributed by atoms with Crippen LogP contribution in [-0.4, -0.2) is 57.3 Å². The Labute approximate surface area is 136 Å². The van der Waals surface area contributed by atoms with Crippen LogP contribution in [0.25, 0.3) is 0 Å². The number of rotatable bonds is 8. The molecular weight excluding hydrogens is 304 g/mol. The van der Waals surface area contributed by atoms with Crippen molar-refractivity contribution < 1.29 is 19.4 Å². The number of hydrogen-bond donors (Lipinski definition) is 1. The largest absolute Gasteiger partial charge is 0.377 e. The fraction of sp³-hybridized carbons (Fsp3) is 0.933. The number of carbonyl (C=O) groups excluding carboxylic acids is 1. The highest BCUT2D eigenvalue weighted by Gasteiger charge is 2.26. The molecular formula is C15H32N2O4S. The van der Waals surface area contributed by atoms with E-state index in [9.17, 15) is 13.2 Å². The Kier molecular flexibility index (Phi) is 7.79. The van der Waals surface area contributed by atoms with E-state index in [0.29, 0.717) is 6.61 Å². The fourth-order valence-electron chi connectivity index (χ4n) is 2.42. The number of likely N-dealkylation sites (tertiary alicyclic amines) is 1. The number of piperidine rings is 1. The van der Waals surface area contributed by atoms with Gasteiger partial charge in [0.05, 0.1) is 18.5 Å². The van der Waals surface area contributed by atoms with E-state index >= 15 is 0 Å². The molecule has 0 atom stereocenters. The molecule has 0 aromatic rings. The molecule has 0 aromatic carbocycles. The van der Waals surface area contributed by atoms with Gasteiger partial charge in [-0.05, 0) is 45.7 Å². The van der Waals surface area contributed by atoms with Gasteiger partial charge in [0.25, 0.3) is 0 Å². The highest BCUT2D eigenvalue weighted by molar-refractivity contribution is 7.90. The van der Waals surface area contributed by atoms with Gasteiger partial charge in [-0.15, -0.1) is 0 Å². The van der Waals surface area contributed by atoms with Crippen molar-refractivity contribution in [2.24, 2.45) is 11.8 Å². The minimum atomic E-state index is -3.51. The van der Waals surface area contributed by atoms with Crippen molar-refractivity contribution in [3.05, 3.63) is 0 Å². The van der Waals surface area contributed by atoms with Crippen LogP contribution in [0.3, 0.4) is 0 Å². The lowest BCUT2D eigenvalue weighted by Crippen LogP contribution is -2.41. The van der Waals surface area contributed by atoms with Crippen molar-refractivity contribution in [2.45, 2.75) is 46.6 Å². The molecule has 0 aliphatic carbocycles. The Hall–Kier alpha value is -0.660. The zero-order valence-corrected chi connectivity index (χ0v) is 15.0. The van der Waals surface area contributed by atoms with Crippen molar-refractivity contribution in [1.29, 1.82) is 0 Å². The van der Waals surface area contributed by atoms with Gasteiger partial charge in [0, 0.05) is 13.9 Å². The summed E-state index contributed by atoms with van der Waals surface area (Å²) in [4.78, 5) is 13.8. The lowest BCUT2D eigenvalue weighted by Gasteiger charge is -2.31. The predicted octanol–water partition coefficient (Wildman–Crippen LogP) is 1.47. The molecule has 1 aliphatic heterocycles. The van der Waals surface area contributed by atoms with Crippen LogP contribution in [0.2, 0.25) is 0 Å². The van der Waals surface area contributed by atoms with Crippen LogP contribution < -0.4 is 4.72 Å². The zero-order chi connectivity index (χ0) is 16.8. The maximum Gasteiger partial charge on any atom is 0.235 e. The highest BCUT2D eigenvalue weighted by atomic mass is 32.2. The van der Waals surface area contributed by atoms with Crippen LogP contribution >= 0.6 is 0 Å². The summed E-state index contributed by atoms with van der Waals surface area (Å²) in [5.74, 6) is -0.581. The van der Waals surface area contributed by atoms with E-state index in [2.05, 4.69) is 9.62 Å². The normalized spacial score (nSPS) is 18.1. The number of hydrogen-bond acceptors (Lipinski definition) is 5. The standard InChI is InChI=1S/C15H30N2O4S.H2/c1-12(2)15(18)16-22(19,20)11-14-5-7-17(8-6-14)9-10-21-13(3)4;/h12-14H,5-11H2,1-4H3,(H,16,18);1H. The van der Waals surface area contributed by atoms with Crippen LogP contribution in [0.15, 0.2) is 0 Å². The lowest BCUT2D eigenvalue weighted by molar-refractivity contribution is -0.122. The Morgan fingerprint density at radius 2 is 1.86 bits per heavy atom. The number of nitrogens with zero attached hydrogens (tertiary/aromatic N) is 1. The molecule has 1 aliphatic rings. The van der Waals surface area contributed by atoms with Gasteiger partial charge < -0.3 is 9.64 Å². The molecule has 1 amide bonds. The molecule has 0 radical (unpaired) electrons. The van der Waals surface area contributed by atoms with E-state index in [0.717, 1.165) is 32.5 Å². The van der Waals surface area contributed by atoms with Crippen LogP contribution in [-0.2, 0) is 19.6 Å². The maximum absolute atomic E-state index is 12.0. The van der Waals surface area contributed by atoms with Crippen molar-refractivity contribution in [3.8, 4) is 0 Å². The Balaban J connectivity index is 0.00000484. The van der Waals surface area contributed by atoms with Crippen LogP contribution in [0, 0.1) is 11.8 Å². The fourth-order valence-corrected chi connectivity index (χ4v) is 4.00. The molecule has 6 nitrogen and oxygen atoms in total. The highest BCUT2D eigenvalue weighted by Crippen LogP contribution is 2.18. The van der Waals surface area contributed by atoms with Crippen LogP contribution in [0.1, 0.15) is 42.0 Å². The van der Waals surface area contributed by atoms with Gasteiger partial charge in [-0.2, -0.15) is 0 Å². The molecule has 1 heterocycles. The summed E-state index contributed by atoms with van der Waals surface area (Å²) in [6.07, 6.45) is 1.93. The van der Waals surface area contributed by atoms with Crippen LogP contribution in [0.4, 0.5) is 0 Å². The third-order valence-corrected chi connectivity index (χ3v) is 5.22. The summed E-state index contributed by atoms with van der Waals surface area (Å²) in [6, 6.07) is 0. The van der Waals surface area contributed by atoms with Crippen LogP contribution in [0.5, 0.6) is 0 Å². The molecule has 0 spiro atoms. The van der Waals surface area contributed by atoms with E-state index in [1.54, 1.807) is 13.8 Å². The summed E-state index contributed by atoms with van der Waals surface area (Å²) in [5, 5.41) is 0. The molecule has 0 saturated carbocycles. The van der Waals surface area contributed by atoms with E-state index in [1.807, 2.05) is 13.8 Å². The molecule has 132 valence electrons. The topological polar surface area (TPSA) is 75.7 Å². The Bertz CT molecular complexity index is 446. The number of nitrogens with one attached hydrogen (secondary N) is 1. The zero-order valence-electron chi connectivity index (χ0n) is 14.2. The average molecular weight is 336 g/mol. The molecule has 7 heteroatoms. The first kappa shape index (κ1) is 19.4. The van der Waals surface area contributed by atoms with Gasteiger partial charge in [-0.25, -0.2) is 8.42 Å². The summed E-state index contributed by atoms with van der Waals surface area (Å²) in [6.45, 7) is 10.8. The summed E-state index contributed by atoms with van der Waals surface area (Å²) < 4.78 is 31.6. The second-order valence-electron chi connectivity index (χ2n) is 6.61. The van der Waals surface area contributed by atoms with E-state index in [-0.39, 0.29) is 25.1 Å². The van der Waals surface area contributed by atoms with E-state index in [1.165, 1.54) is 0 Å². The molecule has 0 bridgehead atoms. The first-order valence-electron chi connectivity index (χ1n) is 8.08. The molecule has 0 aromatic heterocycles. The van der Waals surface area contributed by atoms with Gasteiger partial charge in [-0.3, -0.25) is 9.52 Å². The molecule has 0 unspecified atom stereocenters. The summed E-state index contributed by atoms with van der Waals surface area (Å²) in [5.41, 5.74) is 0. The van der Waals surface area contributed by atoms with Gasteiger partial charge in [0.15, 0.2) is 0 Å². The van der Waals surface area contributed by atoms with Gasteiger partial charge in [-0.1, -0.05) is 13.8 Å². The van der Waals surface area contributed by atoms with Crippen molar-refractivity contribution in [1.82, 2.24) is 9.62 Å². The first-order valence-corrected chi connectivity index (χ1v) is 9.73. The second kappa shape index (κ2) is 8.84. The third kappa shape index (κ3) is 7.56. The summed E-state index contributed by atoms with van der Waals surface area (Å²) >= 11 is 0. The third-order valence-electron chi connectivity index (χ3n) is 3.80. The van der Waals surface area contributed by atoms with Gasteiger partial charge >= 0.3 is 0 Å². The predicted molar refractivity (Wildman–Crippen MR) is 89.1 cm³/mol. The average Bonchev–Trinajstić information content (AvgIpc) is 2.39. The maximum atomic E-state index is 12.0. The monoisotopic (exact) mass is 336 g/mol. The van der Waals surface area contributed by atoms with E-state index < -0.39 is 15.9 Å². The number of carbonyl (C=O) groups is 1. The molecule has 1 saturated heterocycles. The minimum absolute atomic E-state index is 0. The molecule has 1 fully saturated rings. The first-order chi connectivity index (χ1) is 10.2. The number of sulfonamides is 1. The quantitative estimate of drug-likeness (QED) is 0.726. The number of amides is 1. The molecule has 22 heavy (non-hydrogen) atoms. The smallest absolute Gasteiger partial charge is 0.235 e. The number of ether oxygens (including phenoxy) is 1. The lowest BCUT2D eigenvalue weighted by atomic mass is 9.99. The van der Waals surface area contributed by atoms with Gasteiger partial charge in [0.1, 0.15) is 0 Å². The summed E-state index contributed by atoms with van der Waals surface area (Å²) in [7, 11) is -3.51. The van der Waals surface area contributed by atoms with Crippen molar-refractivity contribution in [3.63, 3.8) is 0 Å². The van der Waals surface area contributed by atoms with E-state index in [4.69, 9.17) is 4.74 Å².